The van der Waals surface area contributed by atoms with E-state index in [0.717, 1.165) is 36.1 Å². The highest BCUT2D eigenvalue weighted by molar-refractivity contribution is 6.30. The summed E-state index contributed by atoms with van der Waals surface area (Å²) >= 11 is 6.54. The number of aryl methyl sites for hydroxylation is 1. The lowest BCUT2D eigenvalue weighted by Gasteiger charge is -2.26. The number of hydrogen-bond donors (Lipinski definition) is 1. The second-order valence-corrected chi connectivity index (χ2v) is 7.90. The lowest BCUT2D eigenvalue weighted by atomic mass is 9.99. The predicted molar refractivity (Wildman–Crippen MR) is 118 cm³/mol. The van der Waals surface area contributed by atoms with E-state index in [0.29, 0.717) is 23.0 Å². The van der Waals surface area contributed by atoms with Crippen molar-refractivity contribution in [2.75, 3.05) is 13.1 Å². The molecule has 4 aromatic rings. The van der Waals surface area contributed by atoms with Crippen LogP contribution in [-0.4, -0.2) is 37.7 Å². The highest BCUT2D eigenvalue weighted by Crippen LogP contribution is 2.33. The molecule has 1 aromatic carbocycles. The number of hydrogen-bond acceptors (Lipinski definition) is 3. The van der Waals surface area contributed by atoms with Gasteiger partial charge in [0.2, 0.25) is 0 Å². The summed E-state index contributed by atoms with van der Waals surface area (Å²) < 4.78 is 16.0. The Morgan fingerprint density at radius 3 is 2.83 bits per heavy atom. The van der Waals surface area contributed by atoms with E-state index in [1.54, 1.807) is 30.1 Å². The Labute approximate surface area is 178 Å². The van der Waals surface area contributed by atoms with Crippen molar-refractivity contribution < 1.29 is 4.39 Å². The molecule has 7 heteroatoms. The Kier molecular flexibility index (Phi) is 4.89. The van der Waals surface area contributed by atoms with Crippen LogP contribution in [0, 0.1) is 5.82 Å². The fourth-order valence-corrected chi connectivity index (χ4v) is 4.29. The standard InChI is InChI=1S/C23H21ClFN5/c1-29-22(24)19(21(28-29)17-5-2-3-7-20(17)25)14-30-11-8-15(9-12-30)18-13-27-23-16(18)6-4-10-26-23/h2-8,10,13H,9,11-12,14H2,1H3,(H,26,27). The van der Waals surface area contributed by atoms with Crippen LogP contribution in [0.25, 0.3) is 27.9 Å². The number of rotatable bonds is 4. The van der Waals surface area contributed by atoms with Gasteiger partial charge in [0.25, 0.3) is 0 Å². The van der Waals surface area contributed by atoms with Gasteiger partial charge in [-0.3, -0.25) is 9.58 Å². The van der Waals surface area contributed by atoms with Crippen molar-refractivity contribution in [3.8, 4) is 11.3 Å². The van der Waals surface area contributed by atoms with E-state index in [1.807, 2.05) is 18.3 Å². The molecule has 3 aromatic heterocycles. The molecule has 5 nitrogen and oxygen atoms in total. The number of aromatic nitrogens is 4. The van der Waals surface area contributed by atoms with Gasteiger partial charge in [-0.25, -0.2) is 9.37 Å². The Morgan fingerprint density at radius 2 is 2.03 bits per heavy atom. The molecule has 0 saturated heterocycles. The number of aromatic amines is 1. The summed E-state index contributed by atoms with van der Waals surface area (Å²) in [5, 5.41) is 6.18. The number of nitrogens with zero attached hydrogens (tertiary/aromatic N) is 4. The quantitative estimate of drug-likeness (QED) is 0.502. The van der Waals surface area contributed by atoms with Crippen molar-refractivity contribution in [2.45, 2.75) is 13.0 Å². The first-order valence-corrected chi connectivity index (χ1v) is 10.3. The molecule has 0 fully saturated rings. The van der Waals surface area contributed by atoms with Gasteiger partial charge in [-0.2, -0.15) is 5.10 Å². The number of pyridine rings is 1. The van der Waals surface area contributed by atoms with Crippen molar-refractivity contribution in [1.82, 2.24) is 24.6 Å². The molecule has 0 radical (unpaired) electrons. The van der Waals surface area contributed by atoms with Crippen LogP contribution in [0.5, 0.6) is 0 Å². The van der Waals surface area contributed by atoms with Gasteiger partial charge >= 0.3 is 0 Å². The summed E-state index contributed by atoms with van der Waals surface area (Å²) in [5.41, 5.74) is 5.39. The minimum Gasteiger partial charge on any atom is -0.346 e. The molecular weight excluding hydrogens is 401 g/mol. The molecule has 152 valence electrons. The van der Waals surface area contributed by atoms with E-state index in [1.165, 1.54) is 17.2 Å². The Balaban J connectivity index is 1.40. The van der Waals surface area contributed by atoms with Gasteiger partial charge < -0.3 is 4.98 Å². The Morgan fingerprint density at radius 1 is 1.17 bits per heavy atom. The van der Waals surface area contributed by atoms with E-state index >= 15 is 0 Å². The van der Waals surface area contributed by atoms with Crippen LogP contribution in [0.1, 0.15) is 17.5 Å². The maximum atomic E-state index is 14.4. The first kappa shape index (κ1) is 19.0. The summed E-state index contributed by atoms with van der Waals surface area (Å²) in [4.78, 5) is 9.93. The molecule has 0 bridgehead atoms. The Bertz CT molecular complexity index is 1260. The van der Waals surface area contributed by atoms with Gasteiger partial charge in [0.05, 0.1) is 0 Å². The molecule has 0 spiro atoms. The minimum absolute atomic E-state index is 0.290. The number of halogens is 2. The van der Waals surface area contributed by atoms with E-state index in [-0.39, 0.29) is 5.82 Å². The lowest BCUT2D eigenvalue weighted by molar-refractivity contribution is 0.294. The molecule has 0 atom stereocenters. The maximum Gasteiger partial charge on any atom is 0.137 e. The van der Waals surface area contributed by atoms with Crippen molar-refractivity contribution in [3.63, 3.8) is 0 Å². The van der Waals surface area contributed by atoms with Crippen LogP contribution in [-0.2, 0) is 13.6 Å². The van der Waals surface area contributed by atoms with Crippen molar-refractivity contribution in [1.29, 1.82) is 0 Å². The second kappa shape index (κ2) is 7.70. The van der Waals surface area contributed by atoms with Gasteiger partial charge in [-0.15, -0.1) is 0 Å². The van der Waals surface area contributed by atoms with Crippen molar-refractivity contribution in [2.24, 2.45) is 7.05 Å². The predicted octanol–water partition coefficient (Wildman–Crippen LogP) is 5.05. The highest BCUT2D eigenvalue weighted by atomic mass is 35.5. The van der Waals surface area contributed by atoms with Crippen LogP contribution in [0.4, 0.5) is 4.39 Å². The normalized spacial score (nSPS) is 15.0. The molecule has 0 saturated carbocycles. The fourth-order valence-electron chi connectivity index (χ4n) is 4.10. The van der Waals surface area contributed by atoms with Gasteiger partial charge in [0.15, 0.2) is 0 Å². The van der Waals surface area contributed by atoms with Crippen molar-refractivity contribution in [3.05, 3.63) is 77.0 Å². The summed E-state index contributed by atoms with van der Waals surface area (Å²) in [6.45, 7) is 2.31. The summed E-state index contributed by atoms with van der Waals surface area (Å²) in [6.07, 6.45) is 7.01. The van der Waals surface area contributed by atoms with Gasteiger partial charge in [-0.05, 0) is 36.3 Å². The number of H-pyrrole nitrogens is 1. The van der Waals surface area contributed by atoms with E-state index < -0.39 is 0 Å². The summed E-state index contributed by atoms with van der Waals surface area (Å²) in [6, 6.07) is 10.8. The zero-order valence-electron chi connectivity index (χ0n) is 16.6. The molecule has 1 aliphatic heterocycles. The molecule has 0 amide bonds. The average Bonchev–Trinajstić information content (AvgIpc) is 3.31. The molecule has 0 aliphatic carbocycles. The van der Waals surface area contributed by atoms with Crippen LogP contribution < -0.4 is 0 Å². The second-order valence-electron chi connectivity index (χ2n) is 7.54. The topological polar surface area (TPSA) is 49.7 Å². The minimum atomic E-state index is -0.290. The molecule has 4 heterocycles. The SMILES string of the molecule is Cn1nc(-c2ccccc2F)c(CN2CC=C(c3c[nH]c4ncccc34)CC2)c1Cl. The number of benzene rings is 1. The molecule has 30 heavy (non-hydrogen) atoms. The monoisotopic (exact) mass is 421 g/mol. The van der Waals surface area contributed by atoms with E-state index in [4.69, 9.17) is 11.6 Å². The maximum absolute atomic E-state index is 14.4. The van der Waals surface area contributed by atoms with Crippen LogP contribution in [0.15, 0.2) is 54.9 Å². The van der Waals surface area contributed by atoms with E-state index in [9.17, 15) is 4.39 Å². The third-order valence-electron chi connectivity index (χ3n) is 5.67. The Hall–Kier alpha value is -2.96. The average molecular weight is 422 g/mol. The summed E-state index contributed by atoms with van der Waals surface area (Å²) in [7, 11) is 1.79. The third-order valence-corrected chi connectivity index (χ3v) is 6.14. The molecule has 1 aliphatic rings. The van der Waals surface area contributed by atoms with E-state index in [2.05, 4.69) is 32.1 Å². The molecular formula is C23H21ClFN5. The van der Waals surface area contributed by atoms with Gasteiger partial charge in [0.1, 0.15) is 22.3 Å². The van der Waals surface area contributed by atoms with Crippen LogP contribution >= 0.6 is 11.6 Å². The smallest absolute Gasteiger partial charge is 0.137 e. The fraction of sp³-hybridized carbons (Fsp3) is 0.217. The summed E-state index contributed by atoms with van der Waals surface area (Å²) in [5.74, 6) is -0.290. The molecule has 0 unspecified atom stereocenters. The van der Waals surface area contributed by atoms with Gasteiger partial charge in [0, 0.05) is 61.2 Å². The van der Waals surface area contributed by atoms with Crippen LogP contribution in [0.2, 0.25) is 5.15 Å². The largest absolute Gasteiger partial charge is 0.346 e. The first-order chi connectivity index (χ1) is 14.6. The zero-order valence-corrected chi connectivity index (χ0v) is 17.3. The van der Waals surface area contributed by atoms with Gasteiger partial charge in [-0.1, -0.05) is 29.8 Å². The number of nitrogens with one attached hydrogen (secondary N) is 1. The van der Waals surface area contributed by atoms with Crippen LogP contribution in [0.3, 0.4) is 0 Å². The first-order valence-electron chi connectivity index (χ1n) is 9.92. The highest BCUT2D eigenvalue weighted by Gasteiger charge is 2.22. The molecule has 5 rings (SSSR count). The molecule has 1 N–H and O–H groups in total. The third kappa shape index (κ3) is 3.32. The van der Waals surface area contributed by atoms with Crippen molar-refractivity contribution >= 4 is 28.2 Å². The lowest BCUT2D eigenvalue weighted by Crippen LogP contribution is -2.28. The number of fused-ring (bicyclic) bond motifs is 1. The zero-order chi connectivity index (χ0) is 20.7.